The van der Waals surface area contributed by atoms with E-state index in [0.29, 0.717) is 10.8 Å². The van der Waals surface area contributed by atoms with E-state index in [1.807, 2.05) is 25.1 Å². The number of halogens is 1. The first-order chi connectivity index (χ1) is 8.11. The van der Waals surface area contributed by atoms with Crippen LogP contribution in [0.5, 0.6) is 5.75 Å². The molecule has 1 unspecified atom stereocenters. The van der Waals surface area contributed by atoms with E-state index in [1.165, 1.54) is 0 Å². The fourth-order valence-electron chi connectivity index (χ4n) is 1.69. The molecule has 4 heteroatoms. The molecule has 0 fully saturated rings. The van der Waals surface area contributed by atoms with Crippen LogP contribution in [0.15, 0.2) is 34.9 Å². The number of benzene rings is 1. The fourth-order valence-corrected chi connectivity index (χ4v) is 1.88. The summed E-state index contributed by atoms with van der Waals surface area (Å²) in [4.78, 5) is 0. The Morgan fingerprint density at radius 1 is 1.29 bits per heavy atom. The second-order valence-corrected chi connectivity index (χ2v) is 4.27. The lowest BCUT2D eigenvalue weighted by Gasteiger charge is -2.12. The molecule has 0 saturated heterocycles. The molecule has 0 amide bonds. The van der Waals surface area contributed by atoms with E-state index < -0.39 is 0 Å². The van der Waals surface area contributed by atoms with Gasteiger partial charge in [0.05, 0.1) is 24.4 Å². The van der Waals surface area contributed by atoms with Crippen LogP contribution in [0, 0.1) is 6.92 Å². The molecule has 0 aliphatic carbocycles. The summed E-state index contributed by atoms with van der Waals surface area (Å²) in [5.41, 5.74) is 8.02. The molecule has 17 heavy (non-hydrogen) atoms. The summed E-state index contributed by atoms with van der Waals surface area (Å²) >= 11 is 5.97. The summed E-state index contributed by atoms with van der Waals surface area (Å²) in [6, 6.07) is 7.19. The third-order valence-electron chi connectivity index (χ3n) is 2.64. The van der Waals surface area contributed by atoms with Crippen molar-refractivity contribution in [2.24, 2.45) is 5.73 Å². The molecule has 2 N–H and O–H groups in total. The SMILES string of the molecule is COc1cc(C(N)c2coc(C)c2)ccc1Cl. The molecule has 0 radical (unpaired) electrons. The van der Waals surface area contributed by atoms with Gasteiger partial charge < -0.3 is 14.9 Å². The van der Waals surface area contributed by atoms with Gasteiger partial charge in [0.15, 0.2) is 0 Å². The van der Waals surface area contributed by atoms with Crippen molar-refractivity contribution in [3.05, 3.63) is 52.4 Å². The molecule has 0 saturated carbocycles. The number of ether oxygens (including phenoxy) is 1. The largest absolute Gasteiger partial charge is 0.495 e. The smallest absolute Gasteiger partial charge is 0.137 e. The minimum atomic E-state index is -0.237. The number of hydrogen-bond donors (Lipinski definition) is 1. The average Bonchev–Trinajstić information content (AvgIpc) is 2.75. The number of aryl methyl sites for hydroxylation is 1. The predicted molar refractivity (Wildman–Crippen MR) is 67.5 cm³/mol. The number of nitrogens with two attached hydrogens (primary N) is 1. The van der Waals surface area contributed by atoms with Crippen molar-refractivity contribution >= 4 is 11.6 Å². The first kappa shape index (κ1) is 12.0. The highest BCUT2D eigenvalue weighted by Crippen LogP contribution is 2.29. The van der Waals surface area contributed by atoms with Crippen LogP contribution in [-0.4, -0.2) is 7.11 Å². The molecule has 1 atom stereocenters. The first-order valence-corrected chi connectivity index (χ1v) is 5.63. The van der Waals surface area contributed by atoms with Crippen molar-refractivity contribution in [3.8, 4) is 5.75 Å². The molecule has 0 aliphatic heterocycles. The Morgan fingerprint density at radius 3 is 2.65 bits per heavy atom. The van der Waals surface area contributed by atoms with Gasteiger partial charge in [0, 0.05) is 5.56 Å². The van der Waals surface area contributed by atoms with Gasteiger partial charge >= 0.3 is 0 Å². The minimum absolute atomic E-state index is 0.237. The van der Waals surface area contributed by atoms with Crippen molar-refractivity contribution in [2.45, 2.75) is 13.0 Å². The van der Waals surface area contributed by atoms with Gasteiger partial charge in [-0.3, -0.25) is 0 Å². The van der Waals surface area contributed by atoms with Gasteiger partial charge in [0.1, 0.15) is 11.5 Å². The number of methoxy groups -OCH3 is 1. The molecule has 2 rings (SSSR count). The van der Waals surface area contributed by atoms with E-state index in [2.05, 4.69) is 0 Å². The van der Waals surface area contributed by atoms with Crippen LogP contribution >= 0.6 is 11.6 Å². The van der Waals surface area contributed by atoms with E-state index in [0.717, 1.165) is 16.9 Å². The van der Waals surface area contributed by atoms with Crippen molar-refractivity contribution in [1.82, 2.24) is 0 Å². The van der Waals surface area contributed by atoms with E-state index in [1.54, 1.807) is 19.4 Å². The predicted octanol–water partition coefficient (Wildman–Crippen LogP) is 3.30. The fraction of sp³-hybridized carbons (Fsp3) is 0.231. The highest BCUT2D eigenvalue weighted by atomic mass is 35.5. The number of furan rings is 1. The average molecular weight is 252 g/mol. The number of hydrogen-bond acceptors (Lipinski definition) is 3. The van der Waals surface area contributed by atoms with Crippen LogP contribution in [0.1, 0.15) is 22.9 Å². The topological polar surface area (TPSA) is 48.4 Å². The summed E-state index contributed by atoms with van der Waals surface area (Å²) in [6.07, 6.45) is 1.67. The highest BCUT2D eigenvalue weighted by molar-refractivity contribution is 6.32. The third-order valence-corrected chi connectivity index (χ3v) is 2.96. The van der Waals surface area contributed by atoms with Gasteiger partial charge in [0.2, 0.25) is 0 Å². The standard InChI is InChI=1S/C13H14ClNO2/c1-8-5-10(7-17-8)13(15)9-3-4-11(14)12(6-9)16-2/h3-7,13H,15H2,1-2H3. The van der Waals surface area contributed by atoms with E-state index in [4.69, 9.17) is 26.5 Å². The van der Waals surface area contributed by atoms with E-state index >= 15 is 0 Å². The second kappa shape index (κ2) is 4.82. The van der Waals surface area contributed by atoms with Gasteiger partial charge in [-0.2, -0.15) is 0 Å². The normalized spacial score (nSPS) is 12.5. The zero-order chi connectivity index (χ0) is 12.4. The van der Waals surface area contributed by atoms with Crippen LogP contribution in [-0.2, 0) is 0 Å². The van der Waals surface area contributed by atoms with Crippen LogP contribution in [0.2, 0.25) is 5.02 Å². The van der Waals surface area contributed by atoms with Gasteiger partial charge in [-0.25, -0.2) is 0 Å². The maximum atomic E-state index is 6.14. The summed E-state index contributed by atoms with van der Waals surface area (Å²) < 4.78 is 10.4. The molecule has 0 aliphatic rings. The Balaban J connectivity index is 2.34. The molecule has 3 nitrogen and oxygen atoms in total. The molecule has 1 aromatic carbocycles. The lowest BCUT2D eigenvalue weighted by atomic mass is 10.0. The molecular weight excluding hydrogens is 238 g/mol. The molecule has 0 spiro atoms. The summed E-state index contributed by atoms with van der Waals surface area (Å²) in [7, 11) is 1.58. The Labute approximate surface area is 105 Å². The van der Waals surface area contributed by atoms with Crippen molar-refractivity contribution in [1.29, 1.82) is 0 Å². The summed E-state index contributed by atoms with van der Waals surface area (Å²) in [5.74, 6) is 1.47. The van der Waals surface area contributed by atoms with Crippen LogP contribution in [0.25, 0.3) is 0 Å². The monoisotopic (exact) mass is 251 g/mol. The van der Waals surface area contributed by atoms with E-state index in [-0.39, 0.29) is 6.04 Å². The van der Waals surface area contributed by atoms with Crippen molar-refractivity contribution < 1.29 is 9.15 Å². The van der Waals surface area contributed by atoms with Crippen molar-refractivity contribution in [3.63, 3.8) is 0 Å². The Morgan fingerprint density at radius 2 is 2.06 bits per heavy atom. The maximum absolute atomic E-state index is 6.14. The molecule has 1 heterocycles. The molecular formula is C13H14ClNO2. The maximum Gasteiger partial charge on any atom is 0.137 e. The van der Waals surface area contributed by atoms with Crippen LogP contribution in [0.3, 0.4) is 0 Å². The number of rotatable bonds is 3. The Hall–Kier alpha value is -1.45. The molecule has 2 aromatic rings. The van der Waals surface area contributed by atoms with Crippen molar-refractivity contribution in [2.75, 3.05) is 7.11 Å². The second-order valence-electron chi connectivity index (χ2n) is 3.86. The Kier molecular flexibility index (Phi) is 3.41. The summed E-state index contributed by atoms with van der Waals surface area (Å²) in [5, 5.41) is 0.576. The molecule has 0 bridgehead atoms. The lowest BCUT2D eigenvalue weighted by Crippen LogP contribution is -2.10. The lowest BCUT2D eigenvalue weighted by molar-refractivity contribution is 0.414. The third kappa shape index (κ3) is 2.46. The first-order valence-electron chi connectivity index (χ1n) is 5.26. The Bertz CT molecular complexity index is 522. The summed E-state index contributed by atoms with van der Waals surface area (Å²) in [6.45, 7) is 1.89. The highest BCUT2D eigenvalue weighted by Gasteiger charge is 2.13. The quantitative estimate of drug-likeness (QED) is 0.911. The van der Waals surface area contributed by atoms with Crippen LogP contribution < -0.4 is 10.5 Å². The zero-order valence-corrected chi connectivity index (χ0v) is 10.5. The van der Waals surface area contributed by atoms with Crippen LogP contribution in [0.4, 0.5) is 0 Å². The molecule has 1 aromatic heterocycles. The van der Waals surface area contributed by atoms with Gasteiger partial charge in [-0.05, 0) is 30.7 Å². The van der Waals surface area contributed by atoms with E-state index in [9.17, 15) is 0 Å². The van der Waals surface area contributed by atoms with Gasteiger partial charge in [-0.1, -0.05) is 17.7 Å². The van der Waals surface area contributed by atoms with Gasteiger partial charge in [0.25, 0.3) is 0 Å². The minimum Gasteiger partial charge on any atom is -0.495 e. The molecule has 90 valence electrons. The van der Waals surface area contributed by atoms with Gasteiger partial charge in [-0.15, -0.1) is 0 Å². The zero-order valence-electron chi connectivity index (χ0n) is 9.74.